The van der Waals surface area contributed by atoms with Crippen molar-refractivity contribution in [3.05, 3.63) is 34.9 Å². The number of carbonyl (C=O) groups excluding carboxylic acids is 1. The zero-order chi connectivity index (χ0) is 11.3. The molecule has 0 aliphatic heterocycles. The molecule has 0 fully saturated rings. The summed E-state index contributed by atoms with van der Waals surface area (Å²) in [6, 6.07) is 7.31. The van der Waals surface area contributed by atoms with Gasteiger partial charge in [0.1, 0.15) is 0 Å². The topological polar surface area (TPSA) is 35.5 Å². The summed E-state index contributed by atoms with van der Waals surface area (Å²) >= 11 is 5.80. The lowest BCUT2D eigenvalue weighted by Gasteiger charge is -2.10. The number of halogens is 1. The molecule has 0 aliphatic rings. The van der Waals surface area contributed by atoms with Crippen molar-refractivity contribution in [2.75, 3.05) is 7.11 Å². The van der Waals surface area contributed by atoms with Crippen LogP contribution in [0.25, 0.3) is 0 Å². The quantitative estimate of drug-likeness (QED) is 0.743. The minimum Gasteiger partial charge on any atom is -0.467 e. The van der Waals surface area contributed by atoms with E-state index in [-0.39, 0.29) is 5.97 Å². The largest absolute Gasteiger partial charge is 0.467 e. The number of methoxy groups -OCH3 is 1. The van der Waals surface area contributed by atoms with E-state index in [1.54, 1.807) is 19.1 Å². The van der Waals surface area contributed by atoms with Gasteiger partial charge < -0.3 is 9.47 Å². The fraction of sp³-hybridized carbons (Fsp3) is 0.364. The number of ether oxygens (including phenoxy) is 2. The third-order valence-corrected chi connectivity index (χ3v) is 2.16. The molecular weight excluding hydrogens is 216 g/mol. The van der Waals surface area contributed by atoms with Crippen LogP contribution in [0.5, 0.6) is 0 Å². The summed E-state index contributed by atoms with van der Waals surface area (Å²) in [5.41, 5.74) is 0.929. The summed E-state index contributed by atoms with van der Waals surface area (Å²) in [5.74, 6) is -0.378. The van der Waals surface area contributed by atoms with E-state index < -0.39 is 6.10 Å². The number of esters is 1. The smallest absolute Gasteiger partial charge is 0.334 e. The minimum atomic E-state index is -0.561. The molecule has 0 saturated heterocycles. The van der Waals surface area contributed by atoms with E-state index >= 15 is 0 Å². The zero-order valence-corrected chi connectivity index (χ0v) is 9.45. The maximum Gasteiger partial charge on any atom is 0.334 e. The normalized spacial score (nSPS) is 12.2. The Morgan fingerprint density at radius 1 is 1.53 bits per heavy atom. The lowest BCUT2D eigenvalue weighted by molar-refractivity contribution is -0.153. The highest BCUT2D eigenvalue weighted by Crippen LogP contribution is 2.12. The number of hydrogen-bond acceptors (Lipinski definition) is 3. The highest BCUT2D eigenvalue weighted by Gasteiger charge is 2.12. The Kier molecular flexibility index (Phi) is 4.59. The van der Waals surface area contributed by atoms with E-state index in [9.17, 15) is 4.79 Å². The molecule has 3 nitrogen and oxygen atoms in total. The average Bonchev–Trinajstić information content (AvgIpc) is 2.25. The van der Waals surface area contributed by atoms with Crippen LogP contribution in [-0.2, 0) is 20.9 Å². The first-order valence-electron chi connectivity index (χ1n) is 4.57. The molecule has 0 spiro atoms. The summed E-state index contributed by atoms with van der Waals surface area (Å²) in [4.78, 5) is 11.0. The molecule has 0 aromatic heterocycles. The maximum absolute atomic E-state index is 11.0. The van der Waals surface area contributed by atoms with Gasteiger partial charge in [0.25, 0.3) is 0 Å². The second-order valence-electron chi connectivity index (χ2n) is 3.11. The molecule has 0 N–H and O–H groups in total. The molecule has 82 valence electrons. The van der Waals surface area contributed by atoms with Gasteiger partial charge in [0, 0.05) is 5.02 Å². The number of benzene rings is 1. The number of rotatable bonds is 4. The Hall–Kier alpha value is -1.06. The van der Waals surface area contributed by atoms with Crippen molar-refractivity contribution < 1.29 is 14.3 Å². The fourth-order valence-electron chi connectivity index (χ4n) is 1.08. The molecular formula is C11H13ClO3. The highest BCUT2D eigenvalue weighted by molar-refractivity contribution is 6.30. The van der Waals surface area contributed by atoms with Crippen molar-refractivity contribution in [3.63, 3.8) is 0 Å². The Morgan fingerprint density at radius 2 is 2.27 bits per heavy atom. The lowest BCUT2D eigenvalue weighted by atomic mass is 10.2. The molecule has 15 heavy (non-hydrogen) atoms. The average molecular weight is 229 g/mol. The van der Waals surface area contributed by atoms with Gasteiger partial charge >= 0.3 is 5.97 Å². The monoisotopic (exact) mass is 228 g/mol. The fourth-order valence-corrected chi connectivity index (χ4v) is 1.29. The molecule has 0 unspecified atom stereocenters. The molecule has 0 bridgehead atoms. The van der Waals surface area contributed by atoms with E-state index in [0.717, 1.165) is 5.56 Å². The van der Waals surface area contributed by atoms with Crippen molar-refractivity contribution >= 4 is 17.6 Å². The van der Waals surface area contributed by atoms with Crippen LogP contribution in [0.2, 0.25) is 5.02 Å². The molecule has 1 aromatic carbocycles. The van der Waals surface area contributed by atoms with E-state index in [4.69, 9.17) is 16.3 Å². The van der Waals surface area contributed by atoms with Gasteiger partial charge in [-0.1, -0.05) is 23.7 Å². The molecule has 1 rings (SSSR count). The first kappa shape index (κ1) is 12.0. The van der Waals surface area contributed by atoms with Gasteiger partial charge in [0.05, 0.1) is 13.7 Å². The van der Waals surface area contributed by atoms with Gasteiger partial charge in [0.2, 0.25) is 0 Å². The summed E-state index contributed by atoms with van der Waals surface area (Å²) in [6.45, 7) is 1.99. The van der Waals surface area contributed by atoms with Crippen LogP contribution in [0.4, 0.5) is 0 Å². The van der Waals surface area contributed by atoms with Crippen LogP contribution < -0.4 is 0 Å². The van der Waals surface area contributed by atoms with Gasteiger partial charge in [-0.2, -0.15) is 0 Å². The molecule has 0 aliphatic carbocycles. The second-order valence-corrected chi connectivity index (χ2v) is 3.54. The Bertz CT molecular complexity index is 338. The third-order valence-electron chi connectivity index (χ3n) is 1.92. The summed E-state index contributed by atoms with van der Waals surface area (Å²) < 4.78 is 9.84. The minimum absolute atomic E-state index is 0.344. The summed E-state index contributed by atoms with van der Waals surface area (Å²) in [7, 11) is 1.33. The van der Waals surface area contributed by atoms with E-state index in [2.05, 4.69) is 4.74 Å². The second kappa shape index (κ2) is 5.73. The Labute approximate surface area is 93.9 Å². The predicted molar refractivity (Wildman–Crippen MR) is 57.7 cm³/mol. The summed E-state index contributed by atoms with van der Waals surface area (Å²) in [5, 5.41) is 0.654. The van der Waals surface area contributed by atoms with Crippen LogP contribution in [0.3, 0.4) is 0 Å². The molecule has 0 heterocycles. The first-order chi connectivity index (χ1) is 7.13. The number of hydrogen-bond donors (Lipinski definition) is 0. The standard InChI is InChI=1S/C11H13ClO3/c1-8(11(13)14-2)15-7-9-4-3-5-10(12)6-9/h3-6,8H,7H2,1-2H3/t8-/m0/s1. The van der Waals surface area contributed by atoms with Gasteiger partial charge in [-0.25, -0.2) is 4.79 Å². The van der Waals surface area contributed by atoms with Crippen molar-refractivity contribution in [2.45, 2.75) is 19.6 Å². The van der Waals surface area contributed by atoms with E-state index in [1.165, 1.54) is 7.11 Å². The van der Waals surface area contributed by atoms with Crippen molar-refractivity contribution in [1.82, 2.24) is 0 Å². The van der Waals surface area contributed by atoms with Gasteiger partial charge in [-0.3, -0.25) is 0 Å². The van der Waals surface area contributed by atoms with E-state index in [1.807, 2.05) is 12.1 Å². The van der Waals surface area contributed by atoms with Crippen LogP contribution in [0.15, 0.2) is 24.3 Å². The van der Waals surface area contributed by atoms with Gasteiger partial charge in [-0.05, 0) is 24.6 Å². The zero-order valence-electron chi connectivity index (χ0n) is 8.70. The molecule has 1 aromatic rings. The SMILES string of the molecule is COC(=O)[C@H](C)OCc1cccc(Cl)c1. The van der Waals surface area contributed by atoms with Crippen LogP contribution in [-0.4, -0.2) is 19.2 Å². The van der Waals surface area contributed by atoms with Crippen molar-refractivity contribution in [1.29, 1.82) is 0 Å². The van der Waals surface area contributed by atoms with Crippen LogP contribution in [0, 0.1) is 0 Å². The van der Waals surface area contributed by atoms with Crippen LogP contribution in [0.1, 0.15) is 12.5 Å². The van der Waals surface area contributed by atoms with Crippen molar-refractivity contribution in [2.24, 2.45) is 0 Å². The van der Waals surface area contributed by atoms with E-state index in [0.29, 0.717) is 11.6 Å². The molecule has 4 heteroatoms. The Balaban J connectivity index is 2.47. The lowest BCUT2D eigenvalue weighted by Crippen LogP contribution is -2.21. The van der Waals surface area contributed by atoms with Gasteiger partial charge in [-0.15, -0.1) is 0 Å². The highest BCUT2D eigenvalue weighted by atomic mass is 35.5. The number of carbonyl (C=O) groups is 1. The van der Waals surface area contributed by atoms with Gasteiger partial charge in [0.15, 0.2) is 6.10 Å². The van der Waals surface area contributed by atoms with Crippen molar-refractivity contribution in [3.8, 4) is 0 Å². The first-order valence-corrected chi connectivity index (χ1v) is 4.95. The molecule has 1 atom stereocenters. The Morgan fingerprint density at radius 3 is 2.87 bits per heavy atom. The predicted octanol–water partition coefficient (Wildman–Crippen LogP) is 2.42. The maximum atomic E-state index is 11.0. The molecule has 0 amide bonds. The third kappa shape index (κ3) is 3.90. The molecule has 0 saturated carbocycles. The van der Waals surface area contributed by atoms with Crippen LogP contribution >= 0.6 is 11.6 Å². The molecule has 0 radical (unpaired) electrons. The summed E-state index contributed by atoms with van der Waals surface area (Å²) in [6.07, 6.45) is -0.561.